The number of allylic oxidation sites excluding steroid dienone is 1. The van der Waals surface area contributed by atoms with Crippen LogP contribution in [0.2, 0.25) is 0 Å². The summed E-state index contributed by atoms with van der Waals surface area (Å²) < 4.78 is 57.8. The van der Waals surface area contributed by atoms with Gasteiger partial charge in [0, 0.05) is 42.3 Å². The fraction of sp³-hybridized carbons (Fsp3) is 0.200. The Morgan fingerprint density at radius 1 is 1.23 bits per heavy atom. The van der Waals surface area contributed by atoms with E-state index in [1.165, 1.54) is 18.2 Å². The van der Waals surface area contributed by atoms with E-state index >= 15 is 0 Å². The summed E-state index contributed by atoms with van der Waals surface area (Å²) in [6.07, 6.45) is -2.28. The third-order valence-electron chi connectivity index (χ3n) is 3.91. The van der Waals surface area contributed by atoms with Gasteiger partial charge in [0.1, 0.15) is 18.2 Å². The van der Waals surface area contributed by atoms with Crippen molar-refractivity contribution in [1.29, 1.82) is 5.41 Å². The maximum Gasteiger partial charge on any atom is 0.416 e. The molecule has 0 aliphatic carbocycles. The molecule has 0 aromatic heterocycles. The lowest BCUT2D eigenvalue weighted by atomic mass is 10.1. The monoisotopic (exact) mass is 424 g/mol. The SMILES string of the molecule is CN/C(=C\C=N)c1cc(NC(=O)c2cc(F)cc(C(F)(F)F)c2)ccc1OCCN. The van der Waals surface area contributed by atoms with Crippen LogP contribution in [-0.4, -0.2) is 32.3 Å². The number of rotatable bonds is 8. The Kier molecular flexibility index (Phi) is 7.54. The predicted molar refractivity (Wildman–Crippen MR) is 106 cm³/mol. The van der Waals surface area contributed by atoms with E-state index in [0.29, 0.717) is 29.1 Å². The zero-order chi connectivity index (χ0) is 22.3. The van der Waals surface area contributed by atoms with Crippen molar-refractivity contribution in [2.45, 2.75) is 6.18 Å². The van der Waals surface area contributed by atoms with Gasteiger partial charge in [0.25, 0.3) is 5.91 Å². The van der Waals surface area contributed by atoms with Gasteiger partial charge >= 0.3 is 6.18 Å². The number of nitrogens with two attached hydrogens (primary N) is 1. The van der Waals surface area contributed by atoms with Crippen molar-refractivity contribution in [2.75, 3.05) is 25.5 Å². The first-order chi connectivity index (χ1) is 14.2. The van der Waals surface area contributed by atoms with Crippen LogP contribution in [0, 0.1) is 11.2 Å². The van der Waals surface area contributed by atoms with E-state index in [1.54, 1.807) is 13.1 Å². The number of anilines is 1. The van der Waals surface area contributed by atoms with E-state index in [4.69, 9.17) is 15.9 Å². The molecule has 10 heteroatoms. The van der Waals surface area contributed by atoms with Crippen molar-refractivity contribution in [1.82, 2.24) is 5.32 Å². The van der Waals surface area contributed by atoms with Gasteiger partial charge in [-0.15, -0.1) is 0 Å². The number of benzene rings is 2. The van der Waals surface area contributed by atoms with Gasteiger partial charge in [0.15, 0.2) is 0 Å². The summed E-state index contributed by atoms with van der Waals surface area (Å²) in [5, 5.41) is 12.6. The fourth-order valence-electron chi connectivity index (χ4n) is 2.59. The van der Waals surface area contributed by atoms with Crippen molar-refractivity contribution in [3.63, 3.8) is 0 Å². The summed E-state index contributed by atoms with van der Waals surface area (Å²) in [5.41, 5.74) is 4.94. The van der Waals surface area contributed by atoms with Crippen LogP contribution in [0.1, 0.15) is 21.5 Å². The average Bonchev–Trinajstić information content (AvgIpc) is 2.70. The van der Waals surface area contributed by atoms with Crippen molar-refractivity contribution in [3.05, 3.63) is 65.0 Å². The Morgan fingerprint density at radius 2 is 1.97 bits per heavy atom. The van der Waals surface area contributed by atoms with Crippen LogP contribution >= 0.6 is 0 Å². The molecular formula is C20H20F4N4O2. The Labute approximate surface area is 170 Å². The average molecular weight is 424 g/mol. The highest BCUT2D eigenvalue weighted by atomic mass is 19.4. The Morgan fingerprint density at radius 3 is 2.57 bits per heavy atom. The lowest BCUT2D eigenvalue weighted by molar-refractivity contribution is -0.137. The lowest BCUT2D eigenvalue weighted by Gasteiger charge is -2.16. The minimum atomic E-state index is -4.79. The van der Waals surface area contributed by atoms with E-state index in [-0.39, 0.29) is 18.8 Å². The van der Waals surface area contributed by atoms with Gasteiger partial charge in [0.05, 0.1) is 5.56 Å². The zero-order valence-corrected chi connectivity index (χ0v) is 15.9. The van der Waals surface area contributed by atoms with Crippen LogP contribution < -0.4 is 21.1 Å². The third kappa shape index (κ3) is 5.80. The number of hydrogen-bond donors (Lipinski definition) is 4. The number of alkyl halides is 3. The number of ether oxygens (including phenoxy) is 1. The van der Waals surface area contributed by atoms with Crippen molar-refractivity contribution in [3.8, 4) is 5.75 Å². The standard InChI is InChI=1S/C20H20F4N4O2/c1-27-17(4-5-25)16-11-15(2-3-18(16)30-7-6-26)28-19(29)12-8-13(20(22,23)24)10-14(21)9-12/h2-5,8-11,25,27H,6-7,26H2,1H3,(H,28,29)/b17-4-,25-5?. The summed E-state index contributed by atoms with van der Waals surface area (Å²) in [5.74, 6) is -1.66. The maximum atomic E-state index is 13.6. The largest absolute Gasteiger partial charge is 0.492 e. The van der Waals surface area contributed by atoms with Crippen molar-refractivity contribution < 1.29 is 27.1 Å². The van der Waals surface area contributed by atoms with E-state index in [1.807, 2.05) is 0 Å². The minimum absolute atomic E-state index is 0.226. The number of carbonyl (C=O) groups is 1. The normalized spacial score (nSPS) is 11.7. The molecule has 0 atom stereocenters. The minimum Gasteiger partial charge on any atom is -0.492 e. The molecule has 5 N–H and O–H groups in total. The molecule has 0 radical (unpaired) electrons. The second kappa shape index (κ2) is 9.88. The van der Waals surface area contributed by atoms with Crippen molar-refractivity contribution >= 4 is 23.5 Å². The van der Waals surface area contributed by atoms with Gasteiger partial charge in [-0.05, 0) is 42.5 Å². The molecule has 0 aliphatic rings. The van der Waals surface area contributed by atoms with Crippen LogP contribution in [0.15, 0.2) is 42.5 Å². The molecule has 2 rings (SSSR count). The zero-order valence-electron chi connectivity index (χ0n) is 15.9. The molecule has 0 bridgehead atoms. The molecule has 0 heterocycles. The number of carbonyl (C=O) groups excluding carboxylic acids is 1. The third-order valence-corrected chi connectivity index (χ3v) is 3.91. The molecule has 0 saturated heterocycles. The smallest absolute Gasteiger partial charge is 0.416 e. The first-order valence-electron chi connectivity index (χ1n) is 8.74. The molecule has 6 nitrogen and oxygen atoms in total. The van der Waals surface area contributed by atoms with Gasteiger partial charge in [-0.2, -0.15) is 13.2 Å². The van der Waals surface area contributed by atoms with E-state index in [2.05, 4.69) is 10.6 Å². The van der Waals surface area contributed by atoms with Gasteiger partial charge in [-0.3, -0.25) is 4.79 Å². The second-order valence-corrected chi connectivity index (χ2v) is 6.03. The summed E-state index contributed by atoms with van der Waals surface area (Å²) >= 11 is 0. The Balaban J connectivity index is 2.38. The molecule has 160 valence electrons. The number of nitrogens with one attached hydrogen (secondary N) is 3. The quantitative estimate of drug-likeness (QED) is 0.384. The van der Waals surface area contributed by atoms with Crippen LogP contribution in [0.25, 0.3) is 5.70 Å². The Bertz CT molecular complexity index is 958. The number of halogens is 4. The molecule has 2 aromatic carbocycles. The van der Waals surface area contributed by atoms with E-state index in [0.717, 1.165) is 12.3 Å². The number of hydrogen-bond acceptors (Lipinski definition) is 5. The maximum absolute atomic E-state index is 13.6. The van der Waals surface area contributed by atoms with Crippen LogP contribution in [-0.2, 0) is 6.18 Å². The molecular weight excluding hydrogens is 404 g/mol. The molecule has 0 unspecified atom stereocenters. The molecule has 0 fully saturated rings. The molecule has 0 aliphatic heterocycles. The van der Waals surface area contributed by atoms with E-state index < -0.39 is 29.0 Å². The van der Waals surface area contributed by atoms with Gasteiger partial charge in [0.2, 0.25) is 0 Å². The van der Waals surface area contributed by atoms with E-state index in [9.17, 15) is 22.4 Å². The second-order valence-electron chi connectivity index (χ2n) is 6.03. The van der Waals surface area contributed by atoms with Gasteiger partial charge in [-0.1, -0.05) is 0 Å². The first-order valence-corrected chi connectivity index (χ1v) is 8.74. The topological polar surface area (TPSA) is 100 Å². The van der Waals surface area contributed by atoms with Gasteiger partial charge in [-0.25, -0.2) is 4.39 Å². The molecule has 0 spiro atoms. The van der Waals surface area contributed by atoms with Crippen LogP contribution in [0.5, 0.6) is 5.75 Å². The highest BCUT2D eigenvalue weighted by Crippen LogP contribution is 2.31. The molecule has 1 amide bonds. The van der Waals surface area contributed by atoms with Gasteiger partial charge < -0.3 is 26.5 Å². The highest BCUT2D eigenvalue weighted by Gasteiger charge is 2.32. The number of amides is 1. The van der Waals surface area contributed by atoms with Crippen molar-refractivity contribution in [2.24, 2.45) is 5.73 Å². The molecule has 2 aromatic rings. The van der Waals surface area contributed by atoms with Crippen LogP contribution in [0.4, 0.5) is 23.2 Å². The highest BCUT2D eigenvalue weighted by molar-refractivity contribution is 6.04. The summed E-state index contributed by atoms with van der Waals surface area (Å²) in [6.45, 7) is 0.492. The Hall–Kier alpha value is -3.40. The lowest BCUT2D eigenvalue weighted by Crippen LogP contribution is -2.16. The molecule has 30 heavy (non-hydrogen) atoms. The first kappa shape index (κ1) is 22.9. The summed E-state index contributed by atoms with van der Waals surface area (Å²) in [7, 11) is 1.62. The fourth-order valence-corrected chi connectivity index (χ4v) is 2.59. The summed E-state index contributed by atoms with van der Waals surface area (Å²) in [6, 6.07) is 6.15. The summed E-state index contributed by atoms with van der Waals surface area (Å²) in [4.78, 5) is 12.4. The van der Waals surface area contributed by atoms with Crippen LogP contribution in [0.3, 0.4) is 0 Å². The molecule has 0 saturated carbocycles. The predicted octanol–water partition coefficient (Wildman–Crippen LogP) is 3.64.